The Morgan fingerprint density at radius 1 is 0.476 bits per heavy atom. The maximum absolute atomic E-state index is 5.72. The topological polar surface area (TPSA) is 61.9 Å². The first kappa shape index (κ1) is 29.6. The van der Waals surface area contributed by atoms with Crippen LogP contribution in [0.1, 0.15) is 11.1 Å². The van der Waals surface area contributed by atoms with Gasteiger partial charge in [-0.05, 0) is 59.0 Å². The molecule has 0 unspecified atom stereocenters. The van der Waals surface area contributed by atoms with Crippen molar-refractivity contribution in [2.45, 2.75) is 12.8 Å². The van der Waals surface area contributed by atoms with Crippen molar-refractivity contribution in [1.82, 2.24) is 9.80 Å². The number of rotatable bonds is 12. The van der Waals surface area contributed by atoms with Crippen LogP contribution in [0.4, 0.5) is 0 Å². The second kappa shape index (κ2) is 13.4. The van der Waals surface area contributed by atoms with Crippen LogP contribution >= 0.6 is 0 Å². The molecule has 8 heteroatoms. The Hall–Kier alpha value is -3.88. The van der Waals surface area contributed by atoms with Gasteiger partial charge in [0.15, 0.2) is 23.0 Å². The number of benzene rings is 4. The first-order chi connectivity index (χ1) is 20.5. The minimum absolute atomic E-state index is 0.628. The second-order valence-electron chi connectivity index (χ2n) is 10.6. The summed E-state index contributed by atoms with van der Waals surface area (Å²) in [6.07, 6.45) is 1.97. The Labute approximate surface area is 248 Å². The van der Waals surface area contributed by atoms with Gasteiger partial charge in [-0.1, -0.05) is 24.3 Å². The summed E-state index contributed by atoms with van der Waals surface area (Å²) >= 11 is 0. The van der Waals surface area contributed by atoms with Gasteiger partial charge in [-0.25, -0.2) is 0 Å². The van der Waals surface area contributed by atoms with Crippen LogP contribution in [-0.4, -0.2) is 91.7 Å². The molecule has 0 saturated carbocycles. The smallest absolute Gasteiger partial charge is 0.203 e. The van der Waals surface area contributed by atoms with Gasteiger partial charge in [-0.3, -0.25) is 0 Å². The van der Waals surface area contributed by atoms with Gasteiger partial charge in [-0.15, -0.1) is 0 Å². The lowest BCUT2D eigenvalue weighted by Gasteiger charge is -2.34. The molecule has 1 saturated heterocycles. The van der Waals surface area contributed by atoms with E-state index in [1.807, 2.05) is 12.1 Å². The maximum Gasteiger partial charge on any atom is 0.203 e. The number of piperazine rings is 1. The van der Waals surface area contributed by atoms with Crippen LogP contribution in [0.3, 0.4) is 0 Å². The molecule has 224 valence electrons. The van der Waals surface area contributed by atoms with Crippen molar-refractivity contribution < 1.29 is 28.4 Å². The standard InChI is InChI=1S/C34H42N2O6/c1-37-29-21-25-9-7-23(19-27(25)31(39-3)33(29)41-5)11-13-35-15-17-36(18-16-35)14-12-24-8-10-26-22-30(38-2)34(42-6)32(40-4)28(26)20-24/h7-10,19-22H,11-18H2,1-6H3. The summed E-state index contributed by atoms with van der Waals surface area (Å²) in [6.45, 7) is 6.36. The fraction of sp³-hybridized carbons (Fsp3) is 0.412. The largest absolute Gasteiger partial charge is 0.493 e. The normalized spacial score (nSPS) is 14.2. The van der Waals surface area contributed by atoms with Crippen molar-refractivity contribution in [3.8, 4) is 34.5 Å². The predicted octanol–water partition coefficient (Wildman–Crippen LogP) is 5.45. The number of fused-ring (bicyclic) bond motifs is 2. The molecule has 0 radical (unpaired) electrons. The highest BCUT2D eigenvalue weighted by molar-refractivity contribution is 5.94. The van der Waals surface area contributed by atoms with E-state index in [0.29, 0.717) is 34.5 Å². The molecule has 0 bridgehead atoms. The molecule has 4 aromatic carbocycles. The molecule has 0 aliphatic carbocycles. The van der Waals surface area contributed by atoms with Crippen molar-refractivity contribution >= 4 is 21.5 Å². The first-order valence-electron chi connectivity index (χ1n) is 14.4. The van der Waals surface area contributed by atoms with E-state index in [2.05, 4.69) is 46.2 Å². The summed E-state index contributed by atoms with van der Waals surface area (Å²) in [5.41, 5.74) is 2.58. The van der Waals surface area contributed by atoms with Crippen molar-refractivity contribution in [1.29, 1.82) is 0 Å². The first-order valence-corrected chi connectivity index (χ1v) is 14.4. The molecule has 1 aliphatic rings. The zero-order chi connectivity index (χ0) is 29.6. The summed E-state index contributed by atoms with van der Waals surface area (Å²) in [5.74, 6) is 4.03. The van der Waals surface area contributed by atoms with Gasteiger partial charge in [0, 0.05) is 50.0 Å². The average molecular weight is 575 g/mol. The van der Waals surface area contributed by atoms with E-state index in [4.69, 9.17) is 28.4 Å². The number of nitrogens with zero attached hydrogens (tertiary/aromatic N) is 2. The summed E-state index contributed by atoms with van der Waals surface area (Å²) in [6, 6.07) is 17.1. The highest BCUT2D eigenvalue weighted by Gasteiger charge is 2.20. The molecule has 4 aromatic rings. The molecular weight excluding hydrogens is 532 g/mol. The Morgan fingerprint density at radius 2 is 0.857 bits per heavy atom. The van der Waals surface area contributed by atoms with E-state index in [1.165, 1.54) is 11.1 Å². The van der Waals surface area contributed by atoms with Crippen molar-refractivity contribution in [2.75, 3.05) is 81.9 Å². The molecule has 0 amide bonds. The van der Waals surface area contributed by atoms with Gasteiger partial charge < -0.3 is 38.2 Å². The minimum Gasteiger partial charge on any atom is -0.493 e. The average Bonchev–Trinajstić information content (AvgIpc) is 3.04. The Kier molecular flexibility index (Phi) is 9.45. The fourth-order valence-corrected chi connectivity index (χ4v) is 5.95. The quantitative estimate of drug-likeness (QED) is 0.222. The Balaban J connectivity index is 1.17. The van der Waals surface area contributed by atoms with Crippen LogP contribution in [0.5, 0.6) is 34.5 Å². The summed E-state index contributed by atoms with van der Waals surface area (Å²) in [7, 11) is 9.93. The van der Waals surface area contributed by atoms with Gasteiger partial charge in [0.25, 0.3) is 0 Å². The minimum atomic E-state index is 0.628. The van der Waals surface area contributed by atoms with Crippen LogP contribution in [0, 0.1) is 0 Å². The Morgan fingerprint density at radius 3 is 1.19 bits per heavy atom. The molecule has 0 N–H and O–H groups in total. The number of hydrogen-bond acceptors (Lipinski definition) is 8. The summed E-state index contributed by atoms with van der Waals surface area (Å²) in [5, 5.41) is 4.24. The van der Waals surface area contributed by atoms with Gasteiger partial charge in [0.1, 0.15) is 0 Å². The zero-order valence-corrected chi connectivity index (χ0v) is 25.6. The monoisotopic (exact) mass is 574 g/mol. The van der Waals surface area contributed by atoms with Gasteiger partial charge in [0.2, 0.25) is 11.5 Å². The van der Waals surface area contributed by atoms with E-state index >= 15 is 0 Å². The Bertz CT molecular complexity index is 1420. The van der Waals surface area contributed by atoms with E-state index in [9.17, 15) is 0 Å². The number of hydrogen-bond donors (Lipinski definition) is 0. The van der Waals surface area contributed by atoms with Crippen LogP contribution < -0.4 is 28.4 Å². The van der Waals surface area contributed by atoms with Crippen molar-refractivity contribution in [3.05, 3.63) is 59.7 Å². The van der Waals surface area contributed by atoms with Crippen LogP contribution in [-0.2, 0) is 12.8 Å². The molecule has 0 spiro atoms. The summed E-state index contributed by atoms with van der Waals surface area (Å²) in [4.78, 5) is 5.13. The zero-order valence-electron chi connectivity index (χ0n) is 25.6. The highest BCUT2D eigenvalue weighted by Crippen LogP contribution is 2.44. The molecule has 8 nitrogen and oxygen atoms in total. The fourth-order valence-electron chi connectivity index (χ4n) is 5.95. The van der Waals surface area contributed by atoms with E-state index in [-0.39, 0.29) is 0 Å². The molecule has 0 aromatic heterocycles. The lowest BCUT2D eigenvalue weighted by molar-refractivity contribution is 0.134. The van der Waals surface area contributed by atoms with Crippen LogP contribution in [0.2, 0.25) is 0 Å². The number of ether oxygens (including phenoxy) is 6. The molecule has 1 heterocycles. The van der Waals surface area contributed by atoms with Gasteiger partial charge >= 0.3 is 0 Å². The molecule has 1 fully saturated rings. The lowest BCUT2D eigenvalue weighted by atomic mass is 10.0. The molecule has 0 atom stereocenters. The van der Waals surface area contributed by atoms with Crippen LogP contribution in [0.25, 0.3) is 21.5 Å². The predicted molar refractivity (Wildman–Crippen MR) is 167 cm³/mol. The third-order valence-electron chi connectivity index (χ3n) is 8.31. The molecule has 1 aliphatic heterocycles. The van der Waals surface area contributed by atoms with Gasteiger partial charge in [0.05, 0.1) is 42.7 Å². The van der Waals surface area contributed by atoms with Gasteiger partial charge in [-0.2, -0.15) is 0 Å². The third-order valence-corrected chi connectivity index (χ3v) is 8.31. The molecular formula is C34H42N2O6. The second-order valence-corrected chi connectivity index (χ2v) is 10.6. The molecule has 5 rings (SSSR count). The van der Waals surface area contributed by atoms with E-state index in [1.54, 1.807) is 42.7 Å². The third kappa shape index (κ3) is 6.01. The SMILES string of the molecule is COc1cc2ccc(CCN3CCN(CCc4ccc5cc(OC)c(OC)c(OC)c5c4)CC3)cc2c(OC)c1OC. The summed E-state index contributed by atoms with van der Waals surface area (Å²) < 4.78 is 33.6. The molecule has 42 heavy (non-hydrogen) atoms. The van der Waals surface area contributed by atoms with Crippen molar-refractivity contribution in [3.63, 3.8) is 0 Å². The van der Waals surface area contributed by atoms with E-state index in [0.717, 1.165) is 73.7 Å². The van der Waals surface area contributed by atoms with Crippen LogP contribution in [0.15, 0.2) is 48.5 Å². The maximum atomic E-state index is 5.72. The highest BCUT2D eigenvalue weighted by atomic mass is 16.5. The van der Waals surface area contributed by atoms with Crippen molar-refractivity contribution in [2.24, 2.45) is 0 Å². The van der Waals surface area contributed by atoms with E-state index < -0.39 is 0 Å². The number of methoxy groups -OCH3 is 6. The lowest BCUT2D eigenvalue weighted by Crippen LogP contribution is -2.47.